The molecular formula is C52H61ClN8O10. The second-order valence-electron chi connectivity index (χ2n) is 18.4. The highest BCUT2D eigenvalue weighted by Crippen LogP contribution is 2.38. The molecule has 0 spiro atoms. The second kappa shape index (κ2) is 22.9. The zero-order valence-electron chi connectivity index (χ0n) is 39.9. The number of benzene rings is 4. The molecule has 0 radical (unpaired) electrons. The van der Waals surface area contributed by atoms with Crippen molar-refractivity contribution < 1.29 is 48.8 Å². The van der Waals surface area contributed by atoms with Gasteiger partial charge in [-0.15, -0.1) is 11.6 Å². The Labute approximate surface area is 417 Å². The van der Waals surface area contributed by atoms with Crippen molar-refractivity contribution in [1.82, 2.24) is 19.6 Å². The van der Waals surface area contributed by atoms with E-state index >= 15 is 0 Å². The van der Waals surface area contributed by atoms with E-state index in [-0.39, 0.29) is 77.7 Å². The smallest absolute Gasteiger partial charge is 0.219 e. The monoisotopic (exact) mass is 992 g/mol. The number of anilines is 4. The molecule has 9 rings (SSSR count). The van der Waals surface area contributed by atoms with Crippen LogP contribution in [-0.4, -0.2) is 198 Å². The lowest BCUT2D eigenvalue weighted by molar-refractivity contribution is -0.131. The summed E-state index contributed by atoms with van der Waals surface area (Å²) in [6.45, 7) is 11.1. The lowest BCUT2D eigenvalue weighted by Gasteiger charge is -2.35. The Kier molecular flexibility index (Phi) is 16.5. The summed E-state index contributed by atoms with van der Waals surface area (Å²) in [7, 11) is 0. The maximum atomic E-state index is 13.5. The molecule has 19 heteroatoms. The third-order valence-electron chi connectivity index (χ3n) is 13.4. The summed E-state index contributed by atoms with van der Waals surface area (Å²) in [4.78, 5) is 84.7. The molecule has 0 unspecified atom stereocenters. The number of hydrogen-bond donors (Lipinski definition) is 7. The number of β-amino-alcohol motifs (C(OH)–C–C–N with tert-alkyl or cyclic N) is 2. The molecule has 3 aliphatic heterocycles. The van der Waals surface area contributed by atoms with Crippen molar-refractivity contribution in [3.8, 4) is 0 Å². The number of carbonyl (C=O) groups is 6. The van der Waals surface area contributed by atoms with Gasteiger partial charge in [0.1, 0.15) is 0 Å². The first-order chi connectivity index (χ1) is 34.2. The predicted octanol–water partition coefficient (Wildman–Crippen LogP) is 2.62. The van der Waals surface area contributed by atoms with E-state index in [4.69, 9.17) is 16.3 Å². The van der Waals surface area contributed by atoms with Gasteiger partial charge in [-0.25, -0.2) is 0 Å². The summed E-state index contributed by atoms with van der Waals surface area (Å²) in [5.41, 5.74) is 4.66. The lowest BCUT2D eigenvalue weighted by Crippen LogP contribution is -2.50. The number of aliphatic hydroxyl groups is 3. The summed E-state index contributed by atoms with van der Waals surface area (Å²) >= 11 is 5.70. The summed E-state index contributed by atoms with van der Waals surface area (Å²) in [6.07, 6.45) is -2.09. The van der Waals surface area contributed by atoms with E-state index in [9.17, 15) is 44.1 Å². The van der Waals surface area contributed by atoms with E-state index in [0.29, 0.717) is 135 Å². The van der Waals surface area contributed by atoms with Crippen LogP contribution in [0.25, 0.3) is 0 Å². The Morgan fingerprint density at radius 3 is 1.14 bits per heavy atom. The number of halogens is 1. The van der Waals surface area contributed by atoms with Gasteiger partial charge in [-0.3, -0.25) is 38.6 Å². The number of fused-ring (bicyclic) bond motifs is 4. The Balaban J connectivity index is 0.000000190. The molecule has 2 aliphatic carbocycles. The van der Waals surface area contributed by atoms with Gasteiger partial charge >= 0.3 is 0 Å². The van der Waals surface area contributed by atoms with E-state index in [1.807, 2.05) is 0 Å². The molecule has 3 saturated heterocycles. The van der Waals surface area contributed by atoms with Crippen molar-refractivity contribution in [3.63, 3.8) is 0 Å². The molecule has 4 atom stereocenters. The van der Waals surface area contributed by atoms with Crippen molar-refractivity contribution in [1.29, 1.82) is 0 Å². The van der Waals surface area contributed by atoms with E-state index in [0.717, 1.165) is 0 Å². The topological polar surface area (TPSA) is 237 Å². The summed E-state index contributed by atoms with van der Waals surface area (Å²) in [5, 5.41) is 43.9. The number of ether oxygens (including phenoxy) is 1. The van der Waals surface area contributed by atoms with Gasteiger partial charge in [-0.2, -0.15) is 0 Å². The molecule has 18 nitrogen and oxygen atoms in total. The third-order valence-corrected chi connectivity index (χ3v) is 13.8. The molecular weight excluding hydrogens is 932 g/mol. The van der Waals surface area contributed by atoms with Crippen LogP contribution in [0.3, 0.4) is 0 Å². The van der Waals surface area contributed by atoms with Crippen LogP contribution in [0, 0.1) is 0 Å². The molecule has 0 aromatic heterocycles. The molecule has 71 heavy (non-hydrogen) atoms. The fourth-order valence-electron chi connectivity index (χ4n) is 9.40. The first-order valence-corrected chi connectivity index (χ1v) is 24.6. The number of nitrogens with one attached hydrogen (secondary N) is 4. The summed E-state index contributed by atoms with van der Waals surface area (Å²) in [6, 6.07) is 20.5. The van der Waals surface area contributed by atoms with Crippen LogP contribution in [0.1, 0.15) is 77.5 Å². The number of alkyl halides is 1. The van der Waals surface area contributed by atoms with Crippen molar-refractivity contribution >= 4 is 69.3 Å². The maximum Gasteiger partial charge on any atom is 0.219 e. The predicted molar refractivity (Wildman–Crippen MR) is 269 cm³/mol. The van der Waals surface area contributed by atoms with Crippen molar-refractivity contribution in [2.75, 3.05) is 125 Å². The molecule has 4 aromatic rings. The average molecular weight is 994 g/mol. The van der Waals surface area contributed by atoms with Gasteiger partial charge in [-0.1, -0.05) is 48.5 Å². The minimum Gasteiger partial charge on any atom is -0.390 e. The van der Waals surface area contributed by atoms with Crippen molar-refractivity contribution in [3.05, 3.63) is 117 Å². The number of ketones is 4. The number of hydrogen-bond acceptors (Lipinski definition) is 16. The van der Waals surface area contributed by atoms with Gasteiger partial charge in [0.15, 0.2) is 23.1 Å². The average Bonchev–Trinajstić information content (AvgIpc) is 4.22. The van der Waals surface area contributed by atoms with E-state index in [2.05, 4.69) is 31.1 Å². The lowest BCUT2D eigenvalue weighted by atomic mass is 9.82. The first kappa shape index (κ1) is 51.1. The molecule has 0 bridgehead atoms. The standard InChI is InChI=1S/C26H31ClN4O5.C26H30N4O5/c1-16(32)31-10-8-30(9-11-31)15-18(34)14-29-22-7-6-21(28-13-17(33)12-27)23-24(22)26(36)20-5-3-2-4-19(20)25(23)35;1-16(31)30-10-8-29(9-11-30)14-17(32)12-27-21-6-7-22(28-13-18-15-35-18)24-23(21)25(33)19-4-2-3-5-20(19)26(24)34/h2-7,17-18,28-29,33-34H,8-15H2,1H3;2-7,17-18,27-28,32H,8-15H2,1H3/t17-,18+;17-,18-/m10/s1. The quantitative estimate of drug-likeness (QED) is 0.0514. The fourth-order valence-corrected chi connectivity index (χ4v) is 9.51. The highest BCUT2D eigenvalue weighted by molar-refractivity contribution is 6.33. The molecule has 7 N–H and O–H groups in total. The van der Waals surface area contributed by atoms with Crippen LogP contribution in [0.15, 0.2) is 72.8 Å². The van der Waals surface area contributed by atoms with Gasteiger partial charge in [0, 0.05) is 150 Å². The Morgan fingerprint density at radius 1 is 0.535 bits per heavy atom. The van der Waals surface area contributed by atoms with E-state index in [1.54, 1.807) is 96.4 Å². The zero-order valence-corrected chi connectivity index (χ0v) is 40.7. The SMILES string of the molecule is CC(=O)N1CCN(C[C@@H](O)CNc2ccc(NC[C@H](O)CCl)c3c2C(=O)c2ccccc2C3=O)CC1.CC(=O)N1CCN(C[C@@H](O)CNc2ccc(NC[C@H]3CO3)c3c2C(=O)c2ccccc2C3=O)CC1. The fraction of sp³-hybridized carbons (Fsp3) is 0.423. The molecule has 4 aromatic carbocycles. The normalized spacial score (nSPS) is 18.7. The minimum atomic E-state index is -0.811. The summed E-state index contributed by atoms with van der Waals surface area (Å²) in [5.74, 6) is -0.806. The largest absolute Gasteiger partial charge is 0.390 e. The molecule has 3 fully saturated rings. The van der Waals surface area contributed by atoms with Gasteiger partial charge in [0.2, 0.25) is 11.8 Å². The number of carbonyl (C=O) groups excluding carboxylic acids is 6. The number of rotatable bonds is 17. The van der Waals surface area contributed by atoms with Crippen LogP contribution < -0.4 is 21.3 Å². The number of piperazine rings is 2. The van der Waals surface area contributed by atoms with E-state index in [1.165, 1.54) is 0 Å². The second-order valence-corrected chi connectivity index (χ2v) is 18.7. The Hall–Kier alpha value is -6.25. The van der Waals surface area contributed by atoms with Crippen LogP contribution in [0.4, 0.5) is 22.7 Å². The molecule has 376 valence electrons. The molecule has 2 amide bonds. The molecule has 5 aliphatic rings. The highest BCUT2D eigenvalue weighted by Gasteiger charge is 2.36. The van der Waals surface area contributed by atoms with Gasteiger partial charge < -0.3 is 51.1 Å². The number of amides is 2. The number of epoxide rings is 1. The van der Waals surface area contributed by atoms with Crippen LogP contribution in [0.2, 0.25) is 0 Å². The Bertz CT molecular complexity index is 2660. The van der Waals surface area contributed by atoms with Crippen LogP contribution >= 0.6 is 11.6 Å². The van der Waals surface area contributed by atoms with Gasteiger partial charge in [0.25, 0.3) is 0 Å². The zero-order chi connectivity index (χ0) is 50.3. The molecule has 3 heterocycles. The maximum absolute atomic E-state index is 13.5. The molecule has 0 saturated carbocycles. The Morgan fingerprint density at radius 2 is 0.845 bits per heavy atom. The van der Waals surface area contributed by atoms with Crippen LogP contribution in [0.5, 0.6) is 0 Å². The van der Waals surface area contributed by atoms with Crippen molar-refractivity contribution in [2.24, 2.45) is 0 Å². The van der Waals surface area contributed by atoms with Crippen LogP contribution in [-0.2, 0) is 14.3 Å². The van der Waals surface area contributed by atoms with Gasteiger partial charge in [0.05, 0.1) is 59.2 Å². The van der Waals surface area contributed by atoms with Gasteiger partial charge in [-0.05, 0) is 24.3 Å². The third kappa shape index (κ3) is 11.9. The first-order valence-electron chi connectivity index (χ1n) is 24.1. The number of aliphatic hydroxyl groups excluding tert-OH is 3. The minimum absolute atomic E-state index is 0.0340. The number of nitrogens with zero attached hydrogens (tertiary/aromatic N) is 4. The van der Waals surface area contributed by atoms with E-state index < -0.39 is 18.3 Å². The van der Waals surface area contributed by atoms with Crippen molar-refractivity contribution in [2.45, 2.75) is 38.3 Å². The summed E-state index contributed by atoms with van der Waals surface area (Å²) < 4.78 is 5.27. The highest BCUT2D eigenvalue weighted by atomic mass is 35.5.